The van der Waals surface area contributed by atoms with Crippen molar-refractivity contribution >= 4 is 16.6 Å². The van der Waals surface area contributed by atoms with Gasteiger partial charge in [0.05, 0.1) is 12.6 Å². The summed E-state index contributed by atoms with van der Waals surface area (Å²) in [5, 5.41) is 4.03. The highest BCUT2D eigenvalue weighted by Gasteiger charge is 2.04. The van der Waals surface area contributed by atoms with Gasteiger partial charge in [0.2, 0.25) is 0 Å². The predicted octanol–water partition coefficient (Wildman–Crippen LogP) is 3.29. The second kappa shape index (κ2) is 5.89. The predicted molar refractivity (Wildman–Crippen MR) is 84.8 cm³/mol. The summed E-state index contributed by atoms with van der Waals surface area (Å²) in [6.45, 7) is 0.364. The second-order valence-corrected chi connectivity index (χ2v) is 4.94. The van der Waals surface area contributed by atoms with Crippen LogP contribution in [0.4, 0.5) is 10.1 Å². The molecule has 4 nitrogen and oxygen atoms in total. The van der Waals surface area contributed by atoms with Crippen LogP contribution in [0.1, 0.15) is 5.56 Å². The number of hydrogen-bond donors (Lipinski definition) is 2. The first-order valence-corrected chi connectivity index (χ1v) is 6.85. The average Bonchev–Trinajstić information content (AvgIpc) is 2.54. The van der Waals surface area contributed by atoms with E-state index in [1.807, 2.05) is 18.2 Å². The molecule has 3 aromatic rings. The fourth-order valence-electron chi connectivity index (χ4n) is 2.25. The maximum Gasteiger partial charge on any atom is 0.253 e. The second-order valence-electron chi connectivity index (χ2n) is 4.94. The van der Waals surface area contributed by atoms with E-state index in [9.17, 15) is 9.18 Å². The van der Waals surface area contributed by atoms with Gasteiger partial charge in [-0.1, -0.05) is 0 Å². The SMILES string of the molecule is COc1ccc2cc(CNc3ccc(F)cc3)c(=O)[nH]c2c1. The molecule has 0 bridgehead atoms. The number of methoxy groups -OCH3 is 1. The molecule has 0 aliphatic rings. The summed E-state index contributed by atoms with van der Waals surface area (Å²) in [5.41, 5.74) is 1.95. The van der Waals surface area contributed by atoms with Crippen molar-refractivity contribution in [3.63, 3.8) is 0 Å². The van der Waals surface area contributed by atoms with Crippen molar-refractivity contribution in [1.29, 1.82) is 0 Å². The third-order valence-electron chi connectivity index (χ3n) is 3.46. The zero-order chi connectivity index (χ0) is 15.5. The van der Waals surface area contributed by atoms with Crippen LogP contribution in [0.5, 0.6) is 5.75 Å². The molecule has 2 aromatic carbocycles. The summed E-state index contributed by atoms with van der Waals surface area (Å²) in [7, 11) is 1.58. The van der Waals surface area contributed by atoms with E-state index in [0.29, 0.717) is 17.9 Å². The number of aromatic amines is 1. The maximum absolute atomic E-state index is 12.9. The fraction of sp³-hybridized carbons (Fsp3) is 0.118. The Morgan fingerprint density at radius 3 is 2.64 bits per heavy atom. The number of halogens is 1. The topological polar surface area (TPSA) is 54.1 Å². The van der Waals surface area contributed by atoms with Gasteiger partial charge >= 0.3 is 0 Å². The van der Waals surface area contributed by atoms with Gasteiger partial charge in [0.25, 0.3) is 5.56 Å². The van der Waals surface area contributed by atoms with Gasteiger partial charge in [0, 0.05) is 23.9 Å². The Kier molecular flexibility index (Phi) is 3.78. The molecule has 0 saturated carbocycles. The summed E-state index contributed by atoms with van der Waals surface area (Å²) >= 11 is 0. The van der Waals surface area contributed by atoms with Gasteiger partial charge in [0.15, 0.2) is 0 Å². The van der Waals surface area contributed by atoms with Crippen LogP contribution in [0.15, 0.2) is 53.3 Å². The number of pyridine rings is 1. The third-order valence-corrected chi connectivity index (χ3v) is 3.46. The molecule has 22 heavy (non-hydrogen) atoms. The number of H-pyrrole nitrogens is 1. The molecule has 0 aliphatic carbocycles. The molecule has 0 radical (unpaired) electrons. The number of ether oxygens (including phenoxy) is 1. The molecular weight excluding hydrogens is 283 g/mol. The quantitative estimate of drug-likeness (QED) is 0.777. The fourth-order valence-corrected chi connectivity index (χ4v) is 2.25. The Morgan fingerprint density at radius 2 is 1.91 bits per heavy atom. The van der Waals surface area contributed by atoms with Crippen LogP contribution in [-0.4, -0.2) is 12.1 Å². The van der Waals surface area contributed by atoms with Crippen molar-refractivity contribution in [2.24, 2.45) is 0 Å². The lowest BCUT2D eigenvalue weighted by Gasteiger charge is -2.08. The van der Waals surface area contributed by atoms with E-state index in [4.69, 9.17) is 4.74 Å². The van der Waals surface area contributed by atoms with Crippen LogP contribution in [0.3, 0.4) is 0 Å². The number of aromatic nitrogens is 1. The first kappa shape index (κ1) is 14.1. The number of nitrogens with one attached hydrogen (secondary N) is 2. The van der Waals surface area contributed by atoms with Gasteiger partial charge in [-0.3, -0.25) is 4.79 Å². The molecule has 0 fully saturated rings. The van der Waals surface area contributed by atoms with Crippen LogP contribution in [-0.2, 0) is 6.54 Å². The Morgan fingerprint density at radius 1 is 1.14 bits per heavy atom. The highest BCUT2D eigenvalue weighted by atomic mass is 19.1. The maximum atomic E-state index is 12.9. The summed E-state index contributed by atoms with van der Waals surface area (Å²) in [6, 6.07) is 13.4. The van der Waals surface area contributed by atoms with Gasteiger partial charge in [0.1, 0.15) is 11.6 Å². The van der Waals surface area contributed by atoms with Gasteiger partial charge in [-0.05, 0) is 47.9 Å². The minimum Gasteiger partial charge on any atom is -0.497 e. The number of benzene rings is 2. The van der Waals surface area contributed by atoms with Crippen LogP contribution < -0.4 is 15.6 Å². The summed E-state index contributed by atoms with van der Waals surface area (Å²) in [6.07, 6.45) is 0. The summed E-state index contributed by atoms with van der Waals surface area (Å²) < 4.78 is 18.0. The Balaban J connectivity index is 1.86. The van der Waals surface area contributed by atoms with Gasteiger partial charge in [-0.15, -0.1) is 0 Å². The lowest BCUT2D eigenvalue weighted by molar-refractivity contribution is 0.415. The van der Waals surface area contributed by atoms with E-state index >= 15 is 0 Å². The van der Waals surface area contributed by atoms with Gasteiger partial charge in [-0.25, -0.2) is 4.39 Å². The van der Waals surface area contributed by atoms with Crippen LogP contribution in [0, 0.1) is 5.82 Å². The highest BCUT2D eigenvalue weighted by Crippen LogP contribution is 2.19. The monoisotopic (exact) mass is 298 g/mol. The zero-order valence-corrected chi connectivity index (χ0v) is 12.0. The van der Waals surface area contributed by atoms with E-state index in [1.54, 1.807) is 25.3 Å². The summed E-state index contributed by atoms with van der Waals surface area (Å²) in [5.74, 6) is 0.406. The number of rotatable bonds is 4. The molecule has 0 aliphatic heterocycles. The van der Waals surface area contributed by atoms with Crippen LogP contribution in [0.25, 0.3) is 10.9 Å². The zero-order valence-electron chi connectivity index (χ0n) is 12.0. The average molecular weight is 298 g/mol. The molecule has 1 aromatic heterocycles. The van der Waals surface area contributed by atoms with E-state index < -0.39 is 0 Å². The molecule has 5 heteroatoms. The standard InChI is InChI=1S/C17H15FN2O2/c1-22-15-7-2-11-8-12(17(21)20-16(11)9-15)10-19-14-5-3-13(18)4-6-14/h2-9,19H,10H2,1H3,(H,20,21). The van der Waals surface area contributed by atoms with E-state index in [1.165, 1.54) is 12.1 Å². The molecule has 3 rings (SSSR count). The number of anilines is 1. The van der Waals surface area contributed by atoms with E-state index in [0.717, 1.165) is 16.6 Å². The van der Waals surface area contributed by atoms with E-state index in [-0.39, 0.29) is 11.4 Å². The van der Waals surface area contributed by atoms with Crippen molar-refractivity contribution in [2.75, 3.05) is 12.4 Å². The number of fused-ring (bicyclic) bond motifs is 1. The third kappa shape index (κ3) is 2.93. The normalized spacial score (nSPS) is 10.6. The molecule has 112 valence electrons. The Hall–Kier alpha value is -2.82. The Labute approximate surface area is 126 Å². The Bertz CT molecular complexity index is 857. The molecule has 0 spiro atoms. The molecule has 0 saturated heterocycles. The lowest BCUT2D eigenvalue weighted by Crippen LogP contribution is -2.15. The van der Waals surface area contributed by atoms with Crippen molar-refractivity contribution in [3.05, 3.63) is 70.3 Å². The van der Waals surface area contributed by atoms with Crippen LogP contribution >= 0.6 is 0 Å². The smallest absolute Gasteiger partial charge is 0.253 e. The van der Waals surface area contributed by atoms with Gasteiger partial charge < -0.3 is 15.0 Å². The molecule has 1 heterocycles. The van der Waals surface area contributed by atoms with Gasteiger partial charge in [-0.2, -0.15) is 0 Å². The van der Waals surface area contributed by atoms with Crippen molar-refractivity contribution in [1.82, 2.24) is 4.98 Å². The van der Waals surface area contributed by atoms with Crippen molar-refractivity contribution in [2.45, 2.75) is 6.54 Å². The first-order valence-electron chi connectivity index (χ1n) is 6.85. The first-order chi connectivity index (χ1) is 10.7. The molecule has 0 unspecified atom stereocenters. The number of hydrogen-bond acceptors (Lipinski definition) is 3. The van der Waals surface area contributed by atoms with Crippen LogP contribution in [0.2, 0.25) is 0 Å². The van der Waals surface area contributed by atoms with E-state index in [2.05, 4.69) is 10.3 Å². The minimum atomic E-state index is -0.289. The highest BCUT2D eigenvalue weighted by molar-refractivity contribution is 5.80. The summed E-state index contributed by atoms with van der Waals surface area (Å²) in [4.78, 5) is 15.0. The minimum absolute atomic E-state index is 0.157. The molecular formula is C17H15FN2O2. The molecule has 0 amide bonds. The molecule has 0 atom stereocenters. The van der Waals surface area contributed by atoms with Crippen molar-refractivity contribution in [3.8, 4) is 5.75 Å². The van der Waals surface area contributed by atoms with Crippen molar-refractivity contribution < 1.29 is 9.13 Å². The molecule has 2 N–H and O–H groups in total. The lowest BCUT2D eigenvalue weighted by atomic mass is 10.1. The largest absolute Gasteiger partial charge is 0.497 e.